The zero-order valence-electron chi connectivity index (χ0n) is 15.7. The van der Waals surface area contributed by atoms with Crippen LogP contribution in [0.25, 0.3) is 0 Å². The quantitative estimate of drug-likeness (QED) is 0.751. The van der Waals surface area contributed by atoms with Gasteiger partial charge in [0.1, 0.15) is 0 Å². The van der Waals surface area contributed by atoms with E-state index in [1.54, 1.807) is 31.2 Å². The van der Waals surface area contributed by atoms with Crippen LogP contribution < -0.4 is 10.2 Å². The smallest absolute Gasteiger partial charge is 0.311 e. The van der Waals surface area contributed by atoms with Gasteiger partial charge in [-0.3, -0.25) is 9.59 Å². The first-order chi connectivity index (χ1) is 13.5. The van der Waals surface area contributed by atoms with Crippen molar-refractivity contribution >= 4 is 34.9 Å². The summed E-state index contributed by atoms with van der Waals surface area (Å²) in [5.74, 6) is -0.837. The summed E-state index contributed by atoms with van der Waals surface area (Å²) in [7, 11) is 0. The Labute approximate surface area is 169 Å². The molecule has 0 bridgehead atoms. The van der Waals surface area contributed by atoms with Gasteiger partial charge in [0.2, 0.25) is 0 Å². The molecule has 2 aromatic carbocycles. The molecule has 0 aromatic heterocycles. The van der Waals surface area contributed by atoms with Gasteiger partial charge in [0.05, 0.1) is 19.6 Å². The van der Waals surface area contributed by atoms with Crippen molar-refractivity contribution in [2.24, 2.45) is 0 Å². The van der Waals surface area contributed by atoms with Crippen molar-refractivity contribution in [3.63, 3.8) is 0 Å². The molecule has 1 saturated heterocycles. The second-order valence-corrected chi connectivity index (χ2v) is 7.01. The molecule has 0 saturated carbocycles. The van der Waals surface area contributed by atoms with Crippen molar-refractivity contribution in [2.45, 2.75) is 19.4 Å². The molecule has 0 aliphatic carbocycles. The Hall–Kier alpha value is -2.57. The summed E-state index contributed by atoms with van der Waals surface area (Å²) in [4.78, 5) is 26.6. The molecule has 1 unspecified atom stereocenters. The third-order valence-corrected chi connectivity index (χ3v) is 4.70. The maximum absolute atomic E-state index is 12.3. The molecule has 6 nitrogen and oxygen atoms in total. The largest absolute Gasteiger partial charge is 0.452 e. The van der Waals surface area contributed by atoms with Crippen molar-refractivity contribution in [3.8, 4) is 0 Å². The van der Waals surface area contributed by atoms with E-state index in [0.29, 0.717) is 10.7 Å². The molecule has 1 N–H and O–H groups in total. The molecule has 1 fully saturated rings. The van der Waals surface area contributed by atoms with Gasteiger partial charge in [-0.25, -0.2) is 0 Å². The first kappa shape index (κ1) is 20.2. The number of halogens is 1. The fourth-order valence-electron chi connectivity index (χ4n) is 2.88. The number of carbonyl (C=O) groups excluding carboxylic acids is 2. The SMILES string of the molecule is CC(OC(=O)Cc1ccc(Cl)cc1)C(=O)Nc1ccc(N2CCOCC2)cc1. The molecule has 148 valence electrons. The zero-order chi connectivity index (χ0) is 19.9. The number of nitrogens with zero attached hydrogens (tertiary/aromatic N) is 1. The highest BCUT2D eigenvalue weighted by molar-refractivity contribution is 6.30. The summed E-state index contributed by atoms with van der Waals surface area (Å²) in [5.41, 5.74) is 2.52. The van der Waals surface area contributed by atoms with Crippen molar-refractivity contribution < 1.29 is 19.1 Å². The van der Waals surface area contributed by atoms with E-state index in [2.05, 4.69) is 10.2 Å². The van der Waals surface area contributed by atoms with E-state index in [-0.39, 0.29) is 12.3 Å². The summed E-state index contributed by atoms with van der Waals surface area (Å²) in [5, 5.41) is 3.37. The van der Waals surface area contributed by atoms with E-state index in [9.17, 15) is 9.59 Å². The number of anilines is 2. The Kier molecular flexibility index (Phi) is 6.90. The number of hydrogen-bond donors (Lipinski definition) is 1. The summed E-state index contributed by atoms with van der Waals surface area (Å²) in [6.07, 6.45) is -0.804. The number of ether oxygens (including phenoxy) is 2. The minimum Gasteiger partial charge on any atom is -0.452 e. The van der Waals surface area contributed by atoms with Crippen LogP contribution in [-0.4, -0.2) is 44.3 Å². The lowest BCUT2D eigenvalue weighted by Gasteiger charge is -2.28. The summed E-state index contributed by atoms with van der Waals surface area (Å²) in [6.45, 7) is 4.70. The van der Waals surface area contributed by atoms with Crippen LogP contribution in [0.2, 0.25) is 5.02 Å². The van der Waals surface area contributed by atoms with Crippen LogP contribution in [0.15, 0.2) is 48.5 Å². The van der Waals surface area contributed by atoms with Crippen LogP contribution >= 0.6 is 11.6 Å². The standard InChI is InChI=1S/C21H23ClN2O4/c1-15(28-20(25)14-16-2-4-17(22)5-3-16)21(26)23-18-6-8-19(9-7-18)24-10-12-27-13-11-24/h2-9,15H,10-14H2,1H3,(H,23,26). The van der Waals surface area contributed by atoms with Crippen LogP contribution in [0.5, 0.6) is 0 Å². The first-order valence-corrected chi connectivity index (χ1v) is 9.56. The minimum absolute atomic E-state index is 0.0863. The number of amides is 1. The number of nitrogens with one attached hydrogen (secondary N) is 1. The molecule has 1 aliphatic rings. The number of morpholine rings is 1. The molecule has 2 aromatic rings. The van der Waals surface area contributed by atoms with Gasteiger partial charge < -0.3 is 19.7 Å². The second-order valence-electron chi connectivity index (χ2n) is 6.57. The van der Waals surface area contributed by atoms with Gasteiger partial charge in [-0.1, -0.05) is 23.7 Å². The topological polar surface area (TPSA) is 67.9 Å². The minimum atomic E-state index is -0.890. The van der Waals surface area contributed by atoms with Crippen LogP contribution in [0.1, 0.15) is 12.5 Å². The number of carbonyl (C=O) groups is 2. The highest BCUT2D eigenvalue weighted by Crippen LogP contribution is 2.19. The molecule has 1 amide bonds. The zero-order valence-corrected chi connectivity index (χ0v) is 16.4. The summed E-state index contributed by atoms with van der Waals surface area (Å²) < 4.78 is 10.6. The monoisotopic (exact) mass is 402 g/mol. The molecule has 1 heterocycles. The van der Waals surface area contributed by atoms with E-state index in [1.165, 1.54) is 0 Å². The normalized spacial score (nSPS) is 15.0. The fourth-order valence-corrected chi connectivity index (χ4v) is 3.01. The second kappa shape index (κ2) is 9.57. The van der Waals surface area contributed by atoms with Crippen LogP contribution in [0, 0.1) is 0 Å². The maximum Gasteiger partial charge on any atom is 0.311 e. The van der Waals surface area contributed by atoms with Gasteiger partial charge in [0.25, 0.3) is 5.91 Å². The van der Waals surface area contributed by atoms with Crippen molar-refractivity contribution in [1.82, 2.24) is 0 Å². The molecule has 0 radical (unpaired) electrons. The van der Waals surface area contributed by atoms with Gasteiger partial charge in [0.15, 0.2) is 6.10 Å². The van der Waals surface area contributed by atoms with Gasteiger partial charge in [-0.2, -0.15) is 0 Å². The molecule has 1 atom stereocenters. The maximum atomic E-state index is 12.3. The lowest BCUT2D eigenvalue weighted by Crippen LogP contribution is -2.36. The van der Waals surface area contributed by atoms with E-state index in [0.717, 1.165) is 37.6 Å². The Bertz CT molecular complexity index is 802. The average Bonchev–Trinajstić information content (AvgIpc) is 2.71. The van der Waals surface area contributed by atoms with E-state index in [1.807, 2.05) is 24.3 Å². The first-order valence-electron chi connectivity index (χ1n) is 9.19. The number of esters is 1. The molecule has 0 spiro atoms. The van der Waals surface area contributed by atoms with Crippen LogP contribution in [0.3, 0.4) is 0 Å². The van der Waals surface area contributed by atoms with Crippen LogP contribution in [-0.2, 0) is 25.5 Å². The van der Waals surface area contributed by atoms with E-state index < -0.39 is 12.1 Å². The highest BCUT2D eigenvalue weighted by Gasteiger charge is 2.18. The van der Waals surface area contributed by atoms with Gasteiger partial charge in [0, 0.05) is 29.5 Å². The average molecular weight is 403 g/mol. The van der Waals surface area contributed by atoms with Gasteiger partial charge in [-0.15, -0.1) is 0 Å². The predicted octanol–water partition coefficient (Wildman–Crippen LogP) is 3.29. The van der Waals surface area contributed by atoms with Gasteiger partial charge in [-0.05, 0) is 48.9 Å². The third kappa shape index (κ3) is 5.71. The molecule has 1 aliphatic heterocycles. The number of hydrogen-bond acceptors (Lipinski definition) is 5. The number of rotatable bonds is 6. The van der Waals surface area contributed by atoms with Crippen molar-refractivity contribution in [3.05, 3.63) is 59.1 Å². The predicted molar refractivity (Wildman–Crippen MR) is 109 cm³/mol. The third-order valence-electron chi connectivity index (χ3n) is 4.45. The van der Waals surface area contributed by atoms with E-state index in [4.69, 9.17) is 21.1 Å². The van der Waals surface area contributed by atoms with Crippen molar-refractivity contribution in [1.29, 1.82) is 0 Å². The lowest BCUT2D eigenvalue weighted by atomic mass is 10.1. The summed E-state index contributed by atoms with van der Waals surface area (Å²) in [6, 6.07) is 14.5. The number of benzene rings is 2. The van der Waals surface area contributed by atoms with Crippen LogP contribution in [0.4, 0.5) is 11.4 Å². The van der Waals surface area contributed by atoms with Crippen molar-refractivity contribution in [2.75, 3.05) is 36.5 Å². The molecule has 3 rings (SSSR count). The lowest BCUT2D eigenvalue weighted by molar-refractivity contribution is -0.152. The Balaban J connectivity index is 1.49. The molecule has 7 heteroatoms. The fraction of sp³-hybridized carbons (Fsp3) is 0.333. The van der Waals surface area contributed by atoms with E-state index >= 15 is 0 Å². The Morgan fingerprint density at radius 1 is 1.11 bits per heavy atom. The molecule has 28 heavy (non-hydrogen) atoms. The Morgan fingerprint density at radius 2 is 1.75 bits per heavy atom. The molecular weight excluding hydrogens is 380 g/mol. The molecular formula is C21H23ClN2O4. The Morgan fingerprint density at radius 3 is 2.39 bits per heavy atom. The van der Waals surface area contributed by atoms with Gasteiger partial charge >= 0.3 is 5.97 Å². The highest BCUT2D eigenvalue weighted by atomic mass is 35.5. The summed E-state index contributed by atoms with van der Waals surface area (Å²) >= 11 is 5.83.